The van der Waals surface area contributed by atoms with Crippen molar-refractivity contribution in [3.05, 3.63) is 72.2 Å². The van der Waals surface area contributed by atoms with E-state index < -0.39 is 0 Å². The first-order chi connectivity index (χ1) is 13.5. The van der Waals surface area contributed by atoms with Crippen LogP contribution in [-0.4, -0.2) is 21.4 Å². The highest BCUT2D eigenvalue weighted by atomic mass is 16.2. The van der Waals surface area contributed by atoms with Crippen LogP contribution in [-0.2, 0) is 11.2 Å². The fraction of sp³-hybridized carbons (Fsp3) is 0.227. The van der Waals surface area contributed by atoms with E-state index >= 15 is 0 Å². The van der Waals surface area contributed by atoms with Crippen LogP contribution in [0.3, 0.4) is 0 Å². The standard InChI is InChI=1S/C22H24N4O2/c1-4-16-5-9-18(10-6-16)24-22(28)17-7-11-19(12-8-17)26-13-20(23-14-26)25-21(27)15(2)3/h5-15H,4H2,1-3H3,(H,24,28)(H,25,27). The van der Waals surface area contributed by atoms with Crippen LogP contribution in [0.15, 0.2) is 61.1 Å². The molecule has 0 aliphatic rings. The Bertz CT molecular complexity index is 957. The summed E-state index contributed by atoms with van der Waals surface area (Å²) in [6.45, 7) is 5.75. The van der Waals surface area contributed by atoms with Gasteiger partial charge in [-0.3, -0.25) is 9.59 Å². The number of anilines is 2. The molecule has 28 heavy (non-hydrogen) atoms. The third-order valence-electron chi connectivity index (χ3n) is 4.41. The van der Waals surface area contributed by atoms with Gasteiger partial charge in [-0.1, -0.05) is 32.9 Å². The van der Waals surface area contributed by atoms with Crippen molar-refractivity contribution in [2.45, 2.75) is 27.2 Å². The van der Waals surface area contributed by atoms with E-state index in [1.807, 2.05) is 50.2 Å². The number of nitrogens with zero attached hydrogens (tertiary/aromatic N) is 2. The number of carbonyl (C=O) groups excluding carboxylic acids is 2. The van der Waals surface area contributed by atoms with Crippen LogP contribution in [0.2, 0.25) is 0 Å². The van der Waals surface area contributed by atoms with Gasteiger partial charge in [-0.05, 0) is 48.4 Å². The van der Waals surface area contributed by atoms with E-state index in [9.17, 15) is 9.59 Å². The maximum Gasteiger partial charge on any atom is 0.255 e. The predicted octanol–water partition coefficient (Wildman–Crippen LogP) is 4.28. The zero-order chi connectivity index (χ0) is 20.1. The van der Waals surface area contributed by atoms with Crippen molar-refractivity contribution < 1.29 is 9.59 Å². The molecular formula is C22H24N4O2. The monoisotopic (exact) mass is 376 g/mol. The lowest BCUT2D eigenvalue weighted by atomic mass is 10.1. The zero-order valence-corrected chi connectivity index (χ0v) is 16.3. The Morgan fingerprint density at radius 3 is 2.29 bits per heavy atom. The molecular weight excluding hydrogens is 352 g/mol. The van der Waals surface area contributed by atoms with E-state index in [0.717, 1.165) is 17.8 Å². The lowest BCUT2D eigenvalue weighted by Crippen LogP contribution is -2.17. The molecule has 3 aromatic rings. The van der Waals surface area contributed by atoms with Crippen molar-refractivity contribution in [3.8, 4) is 5.69 Å². The number of benzene rings is 2. The van der Waals surface area contributed by atoms with Crippen LogP contribution in [0.1, 0.15) is 36.7 Å². The van der Waals surface area contributed by atoms with Crippen molar-refractivity contribution in [3.63, 3.8) is 0 Å². The van der Waals surface area contributed by atoms with E-state index in [1.54, 1.807) is 29.2 Å². The molecule has 6 nitrogen and oxygen atoms in total. The third kappa shape index (κ3) is 4.65. The SMILES string of the molecule is CCc1ccc(NC(=O)c2ccc(-n3cnc(NC(=O)C(C)C)c3)cc2)cc1. The number of hydrogen-bond acceptors (Lipinski definition) is 3. The van der Waals surface area contributed by atoms with Gasteiger partial charge in [-0.2, -0.15) is 0 Å². The summed E-state index contributed by atoms with van der Waals surface area (Å²) in [4.78, 5) is 28.4. The number of hydrogen-bond donors (Lipinski definition) is 2. The molecule has 0 atom stereocenters. The minimum absolute atomic E-state index is 0.0794. The molecule has 0 saturated carbocycles. The minimum Gasteiger partial charge on any atom is -0.322 e. The van der Waals surface area contributed by atoms with Crippen molar-refractivity contribution in [1.29, 1.82) is 0 Å². The largest absolute Gasteiger partial charge is 0.322 e. The molecule has 3 rings (SSSR count). The number of nitrogens with one attached hydrogen (secondary N) is 2. The maximum atomic E-state index is 12.4. The van der Waals surface area contributed by atoms with Crippen LogP contribution in [0.5, 0.6) is 0 Å². The average molecular weight is 376 g/mol. The van der Waals surface area contributed by atoms with Gasteiger partial charge in [0, 0.05) is 22.9 Å². The normalized spacial score (nSPS) is 10.7. The zero-order valence-electron chi connectivity index (χ0n) is 16.3. The molecule has 0 aliphatic heterocycles. The van der Waals surface area contributed by atoms with Crippen LogP contribution in [0.4, 0.5) is 11.5 Å². The number of rotatable bonds is 6. The summed E-state index contributed by atoms with van der Waals surface area (Å²) in [5.74, 6) is 0.146. The highest BCUT2D eigenvalue weighted by Crippen LogP contribution is 2.15. The van der Waals surface area contributed by atoms with Crippen molar-refractivity contribution in [1.82, 2.24) is 9.55 Å². The summed E-state index contributed by atoms with van der Waals surface area (Å²) < 4.78 is 1.79. The summed E-state index contributed by atoms with van der Waals surface area (Å²) in [7, 11) is 0. The molecule has 2 N–H and O–H groups in total. The second kappa shape index (κ2) is 8.52. The van der Waals surface area contributed by atoms with E-state index in [2.05, 4.69) is 22.5 Å². The molecule has 0 radical (unpaired) electrons. The molecule has 0 bridgehead atoms. The lowest BCUT2D eigenvalue weighted by Gasteiger charge is -2.07. The Morgan fingerprint density at radius 1 is 1.00 bits per heavy atom. The molecule has 2 amide bonds. The molecule has 6 heteroatoms. The summed E-state index contributed by atoms with van der Waals surface area (Å²) in [5, 5.41) is 5.66. The molecule has 0 fully saturated rings. The number of aromatic nitrogens is 2. The fourth-order valence-corrected chi connectivity index (χ4v) is 2.61. The number of aryl methyl sites for hydroxylation is 1. The summed E-state index contributed by atoms with van der Waals surface area (Å²) >= 11 is 0. The van der Waals surface area contributed by atoms with E-state index in [4.69, 9.17) is 0 Å². The summed E-state index contributed by atoms with van der Waals surface area (Å²) in [5.41, 5.74) is 3.41. The Kier molecular flexibility index (Phi) is 5.89. The van der Waals surface area contributed by atoms with Crippen molar-refractivity contribution in [2.24, 2.45) is 5.92 Å². The van der Waals surface area contributed by atoms with Gasteiger partial charge in [0.15, 0.2) is 5.82 Å². The first-order valence-corrected chi connectivity index (χ1v) is 9.32. The highest BCUT2D eigenvalue weighted by molar-refractivity contribution is 6.04. The Balaban J connectivity index is 1.66. The number of amides is 2. The van der Waals surface area contributed by atoms with E-state index in [1.165, 1.54) is 5.56 Å². The quantitative estimate of drug-likeness (QED) is 0.674. The molecule has 144 valence electrons. The molecule has 0 spiro atoms. The van der Waals surface area contributed by atoms with Gasteiger partial charge in [0.25, 0.3) is 5.91 Å². The first kappa shape index (κ1) is 19.4. The fourth-order valence-electron chi connectivity index (χ4n) is 2.61. The first-order valence-electron chi connectivity index (χ1n) is 9.32. The van der Waals surface area contributed by atoms with Crippen molar-refractivity contribution >= 4 is 23.3 Å². The van der Waals surface area contributed by atoms with Gasteiger partial charge in [0.1, 0.15) is 6.33 Å². The minimum atomic E-state index is -0.161. The molecule has 2 aromatic carbocycles. The number of imidazole rings is 1. The topological polar surface area (TPSA) is 76.0 Å². The van der Waals surface area contributed by atoms with Gasteiger partial charge in [-0.15, -0.1) is 0 Å². The Labute approximate surface area is 164 Å². The third-order valence-corrected chi connectivity index (χ3v) is 4.41. The van der Waals surface area contributed by atoms with E-state index in [0.29, 0.717) is 11.4 Å². The second-order valence-corrected chi connectivity index (χ2v) is 6.86. The Hall–Kier alpha value is -3.41. The van der Waals surface area contributed by atoms with Gasteiger partial charge >= 0.3 is 0 Å². The molecule has 1 heterocycles. The molecule has 0 aliphatic carbocycles. The predicted molar refractivity (Wildman–Crippen MR) is 111 cm³/mol. The summed E-state index contributed by atoms with van der Waals surface area (Å²) in [6, 6.07) is 15.0. The van der Waals surface area contributed by atoms with Crippen LogP contribution in [0.25, 0.3) is 5.69 Å². The summed E-state index contributed by atoms with van der Waals surface area (Å²) in [6.07, 6.45) is 4.33. The molecule has 1 aromatic heterocycles. The average Bonchev–Trinajstić information content (AvgIpc) is 3.17. The lowest BCUT2D eigenvalue weighted by molar-refractivity contribution is -0.118. The van der Waals surface area contributed by atoms with Gasteiger partial charge < -0.3 is 15.2 Å². The number of carbonyl (C=O) groups is 2. The highest BCUT2D eigenvalue weighted by Gasteiger charge is 2.10. The maximum absolute atomic E-state index is 12.4. The van der Waals surface area contributed by atoms with Crippen LogP contribution >= 0.6 is 0 Å². The van der Waals surface area contributed by atoms with Gasteiger partial charge in [-0.25, -0.2) is 4.98 Å². The van der Waals surface area contributed by atoms with E-state index in [-0.39, 0.29) is 17.7 Å². The van der Waals surface area contributed by atoms with Gasteiger partial charge in [0.05, 0.1) is 6.20 Å². The smallest absolute Gasteiger partial charge is 0.255 e. The van der Waals surface area contributed by atoms with Crippen LogP contribution in [0, 0.1) is 5.92 Å². The van der Waals surface area contributed by atoms with Crippen molar-refractivity contribution in [2.75, 3.05) is 10.6 Å². The van der Waals surface area contributed by atoms with Gasteiger partial charge in [0.2, 0.25) is 5.91 Å². The Morgan fingerprint density at radius 2 is 1.68 bits per heavy atom. The molecule has 0 saturated heterocycles. The second-order valence-electron chi connectivity index (χ2n) is 6.86. The van der Waals surface area contributed by atoms with Crippen LogP contribution < -0.4 is 10.6 Å². The molecule has 0 unspecified atom stereocenters.